The second kappa shape index (κ2) is 14.4. The summed E-state index contributed by atoms with van der Waals surface area (Å²) in [6.07, 6.45) is 2.60. The van der Waals surface area contributed by atoms with E-state index >= 15 is 4.79 Å². The minimum Gasteiger partial charge on any atom is -0.497 e. The Morgan fingerprint density at radius 3 is 2.27 bits per heavy atom. The number of amides is 3. The summed E-state index contributed by atoms with van der Waals surface area (Å²) >= 11 is 0. The monoisotopic (exact) mass is 691 g/mol. The minimum absolute atomic E-state index is 0.0925. The number of rotatable bonds is 10. The summed E-state index contributed by atoms with van der Waals surface area (Å²) in [7, 11) is 2.07. The number of para-hydroxylation sites is 1. The number of benzene rings is 3. The summed E-state index contributed by atoms with van der Waals surface area (Å²) in [5, 5.41) is 3.11. The zero-order valence-corrected chi connectivity index (χ0v) is 29.4. The highest BCUT2D eigenvalue weighted by molar-refractivity contribution is 7.93. The lowest BCUT2D eigenvalue weighted by Gasteiger charge is -2.43. The van der Waals surface area contributed by atoms with Crippen molar-refractivity contribution in [1.29, 1.82) is 0 Å². The van der Waals surface area contributed by atoms with Crippen molar-refractivity contribution in [3.05, 3.63) is 83.4 Å². The average molecular weight is 692 g/mol. The van der Waals surface area contributed by atoms with Crippen LogP contribution in [0.4, 0.5) is 10.5 Å². The molecule has 2 saturated heterocycles. The van der Waals surface area contributed by atoms with E-state index in [9.17, 15) is 13.2 Å². The third-order valence-corrected chi connectivity index (χ3v) is 11.8. The molecule has 1 atom stereocenters. The van der Waals surface area contributed by atoms with Gasteiger partial charge in [-0.1, -0.05) is 36.4 Å². The molecule has 0 aliphatic carbocycles. The third-order valence-electron chi connectivity index (χ3n) is 10.0. The smallest absolute Gasteiger partial charge is 0.318 e. The van der Waals surface area contributed by atoms with Gasteiger partial charge in [0.2, 0.25) is 0 Å². The fourth-order valence-corrected chi connectivity index (χ4v) is 8.95. The molecule has 3 heterocycles. The Hall–Kier alpha value is -4.17. The molecule has 3 amide bonds. The Labute approximate surface area is 288 Å². The van der Waals surface area contributed by atoms with E-state index < -0.39 is 27.5 Å². The normalized spacial score (nSPS) is 20.7. The van der Waals surface area contributed by atoms with Crippen LogP contribution in [-0.4, -0.2) is 115 Å². The van der Waals surface area contributed by atoms with Crippen LogP contribution < -0.4 is 19.1 Å². The quantitative estimate of drug-likeness (QED) is 0.342. The lowest BCUT2D eigenvalue weighted by molar-refractivity contribution is -0.121. The van der Waals surface area contributed by atoms with Gasteiger partial charge >= 0.3 is 6.03 Å². The molecule has 3 aromatic carbocycles. The summed E-state index contributed by atoms with van der Waals surface area (Å²) < 4.78 is 46.3. The number of ether oxygens (including phenoxy) is 3. The Morgan fingerprint density at radius 2 is 1.57 bits per heavy atom. The van der Waals surface area contributed by atoms with Crippen molar-refractivity contribution in [3.63, 3.8) is 0 Å². The van der Waals surface area contributed by atoms with E-state index in [-0.39, 0.29) is 16.3 Å². The van der Waals surface area contributed by atoms with Gasteiger partial charge in [-0.05, 0) is 80.9 Å². The lowest BCUT2D eigenvalue weighted by Crippen LogP contribution is -2.61. The molecule has 13 heteroatoms. The molecule has 0 saturated carbocycles. The molecular formula is C36H45N5O7S. The Morgan fingerprint density at radius 1 is 0.878 bits per heavy atom. The topological polar surface area (TPSA) is 121 Å². The molecule has 1 unspecified atom stereocenters. The van der Waals surface area contributed by atoms with Crippen LogP contribution in [0.15, 0.2) is 71.6 Å². The minimum atomic E-state index is -4.54. The molecule has 262 valence electrons. The van der Waals surface area contributed by atoms with Crippen molar-refractivity contribution in [2.75, 3.05) is 78.6 Å². The maximum atomic E-state index is 15.2. The van der Waals surface area contributed by atoms with Crippen LogP contribution in [0.3, 0.4) is 0 Å². The number of piperazine rings is 1. The van der Waals surface area contributed by atoms with Crippen molar-refractivity contribution in [2.24, 2.45) is 0 Å². The highest BCUT2D eigenvalue weighted by atomic mass is 32.2. The van der Waals surface area contributed by atoms with E-state index in [1.54, 1.807) is 54.5 Å². The molecule has 1 N–H and O–H groups in total. The average Bonchev–Trinajstić information content (AvgIpc) is 3.38. The largest absolute Gasteiger partial charge is 0.497 e. The highest BCUT2D eigenvalue weighted by Gasteiger charge is 2.58. The van der Waals surface area contributed by atoms with Gasteiger partial charge in [-0.3, -0.25) is 9.69 Å². The first-order valence-electron chi connectivity index (χ1n) is 16.6. The first-order chi connectivity index (χ1) is 23.6. The van der Waals surface area contributed by atoms with Gasteiger partial charge in [0.15, 0.2) is 5.54 Å². The Balaban J connectivity index is 1.44. The van der Waals surface area contributed by atoms with Crippen LogP contribution in [0, 0.1) is 0 Å². The fraction of sp³-hybridized carbons (Fsp3) is 0.444. The van der Waals surface area contributed by atoms with Crippen LogP contribution >= 0.6 is 0 Å². The van der Waals surface area contributed by atoms with Crippen LogP contribution in [0.1, 0.15) is 29.5 Å². The Bertz CT molecular complexity index is 1790. The number of fused-ring (bicyclic) bond motifs is 1. The van der Waals surface area contributed by atoms with Gasteiger partial charge in [0.1, 0.15) is 16.4 Å². The molecule has 12 nitrogen and oxygen atoms in total. The van der Waals surface area contributed by atoms with Crippen molar-refractivity contribution < 1.29 is 32.2 Å². The van der Waals surface area contributed by atoms with Gasteiger partial charge in [0.25, 0.3) is 15.9 Å². The molecule has 2 fully saturated rings. The zero-order valence-electron chi connectivity index (χ0n) is 28.6. The highest BCUT2D eigenvalue weighted by Crippen LogP contribution is 2.49. The SMILES string of the molecule is COCCc1ccccc1C1(NC(=O)N2CCN(C3CCN(C)CC3)CC2)C(=O)N(S(=O)(=O)c2ccccc2OC)c2ccc(OC)cc21. The maximum Gasteiger partial charge on any atom is 0.318 e. The number of hydrogen-bond acceptors (Lipinski definition) is 9. The van der Waals surface area contributed by atoms with Gasteiger partial charge in [0.05, 0.1) is 26.5 Å². The van der Waals surface area contributed by atoms with Crippen LogP contribution in [-0.2, 0) is 31.5 Å². The number of methoxy groups -OCH3 is 3. The van der Waals surface area contributed by atoms with Gasteiger partial charge in [-0.25, -0.2) is 13.2 Å². The predicted octanol–water partition coefficient (Wildman–Crippen LogP) is 3.29. The molecule has 0 aromatic heterocycles. The maximum absolute atomic E-state index is 15.2. The second-order valence-electron chi connectivity index (χ2n) is 12.7. The number of urea groups is 1. The van der Waals surface area contributed by atoms with E-state index in [1.165, 1.54) is 26.4 Å². The number of nitrogens with zero attached hydrogens (tertiary/aromatic N) is 4. The number of nitrogens with one attached hydrogen (secondary N) is 1. The molecule has 6 rings (SSSR count). The van der Waals surface area contributed by atoms with Crippen molar-refractivity contribution in [1.82, 2.24) is 20.0 Å². The van der Waals surface area contributed by atoms with Crippen molar-refractivity contribution in [3.8, 4) is 11.5 Å². The lowest BCUT2D eigenvalue weighted by atomic mass is 9.80. The van der Waals surface area contributed by atoms with Gasteiger partial charge in [-0.15, -0.1) is 0 Å². The molecule has 0 spiro atoms. The van der Waals surface area contributed by atoms with Crippen LogP contribution in [0.2, 0.25) is 0 Å². The summed E-state index contributed by atoms with van der Waals surface area (Å²) in [6, 6.07) is 18.2. The van der Waals surface area contributed by atoms with Crippen LogP contribution in [0.25, 0.3) is 0 Å². The number of piperidine rings is 1. The van der Waals surface area contributed by atoms with E-state index in [4.69, 9.17) is 14.2 Å². The predicted molar refractivity (Wildman–Crippen MR) is 186 cm³/mol. The summed E-state index contributed by atoms with van der Waals surface area (Å²) in [4.78, 5) is 36.0. The van der Waals surface area contributed by atoms with E-state index in [0.29, 0.717) is 62.1 Å². The number of carbonyl (C=O) groups is 2. The zero-order chi connectivity index (χ0) is 34.8. The standard InChI is InChI=1S/C36H45N5O7S/c1-38-18-15-27(16-19-38)39-20-22-40(23-21-39)35(43)37-36(29-10-6-5-9-26(29)17-24-46-2)30-25-28(47-3)13-14-31(30)41(34(36)42)49(44,45)33-12-8-7-11-32(33)48-4/h5-14,25,27H,15-24H2,1-4H3,(H,37,43). The molecule has 0 radical (unpaired) electrons. The Kier molecular flexibility index (Phi) is 10.2. The van der Waals surface area contributed by atoms with E-state index in [2.05, 4.69) is 22.2 Å². The molecule has 0 bridgehead atoms. The van der Waals surface area contributed by atoms with E-state index in [1.807, 2.05) is 12.1 Å². The first kappa shape index (κ1) is 34.7. The molecule has 3 aliphatic heterocycles. The molecular weight excluding hydrogens is 646 g/mol. The van der Waals surface area contributed by atoms with Gasteiger partial charge < -0.3 is 29.3 Å². The number of anilines is 1. The summed E-state index contributed by atoms with van der Waals surface area (Å²) in [6.45, 7) is 4.83. The molecule has 3 aliphatic rings. The first-order valence-corrected chi connectivity index (χ1v) is 18.1. The summed E-state index contributed by atoms with van der Waals surface area (Å²) in [5.74, 6) is -0.331. The van der Waals surface area contributed by atoms with Gasteiger partial charge in [-0.2, -0.15) is 4.31 Å². The fourth-order valence-electron chi connectivity index (χ4n) is 7.32. The van der Waals surface area contributed by atoms with Crippen molar-refractivity contribution in [2.45, 2.75) is 35.7 Å². The number of sulfonamides is 1. The summed E-state index contributed by atoms with van der Waals surface area (Å²) in [5.41, 5.74) is -0.312. The number of carbonyl (C=O) groups excluding carboxylic acids is 2. The number of hydrogen-bond donors (Lipinski definition) is 1. The second-order valence-corrected chi connectivity index (χ2v) is 14.5. The molecule has 49 heavy (non-hydrogen) atoms. The van der Waals surface area contributed by atoms with Crippen molar-refractivity contribution >= 4 is 27.6 Å². The van der Waals surface area contributed by atoms with Crippen LogP contribution in [0.5, 0.6) is 11.5 Å². The number of likely N-dealkylation sites (tertiary alicyclic amines) is 1. The third kappa shape index (κ3) is 6.36. The van der Waals surface area contributed by atoms with E-state index in [0.717, 1.165) is 35.8 Å². The van der Waals surface area contributed by atoms with Gasteiger partial charge in [0, 0.05) is 44.9 Å². The molecule has 3 aromatic rings.